The summed E-state index contributed by atoms with van der Waals surface area (Å²) in [5.41, 5.74) is 0.705. The van der Waals surface area contributed by atoms with Gasteiger partial charge in [0.05, 0.1) is 11.6 Å². The lowest BCUT2D eigenvalue weighted by atomic mass is 9.87. The van der Waals surface area contributed by atoms with Crippen molar-refractivity contribution < 1.29 is 14.0 Å². The number of halogens is 1. The van der Waals surface area contributed by atoms with E-state index in [0.717, 1.165) is 5.56 Å². The van der Waals surface area contributed by atoms with Crippen molar-refractivity contribution in [1.82, 2.24) is 10.3 Å². The van der Waals surface area contributed by atoms with Gasteiger partial charge in [-0.15, -0.1) is 0 Å². The number of hydrogen-bond donors (Lipinski definition) is 1. The molecule has 1 aromatic heterocycles. The number of nitrogens with zero attached hydrogens (tertiary/aromatic N) is 1. The van der Waals surface area contributed by atoms with E-state index in [2.05, 4.69) is 10.3 Å². The molecule has 0 radical (unpaired) electrons. The highest BCUT2D eigenvalue weighted by Gasteiger charge is 2.31. The van der Waals surface area contributed by atoms with Crippen LogP contribution in [0, 0.1) is 5.82 Å². The summed E-state index contributed by atoms with van der Waals surface area (Å²) in [4.78, 5) is 26.9. The standard InChI is InChI=1S/C14H17FN2O2/c1-14(2,3)8-6-10(15)12(16-7-8)9-4-5-11(18)17-13(9)19/h6-7,9H,4-5H2,1-3H3,(H,17,18,19). The van der Waals surface area contributed by atoms with Crippen molar-refractivity contribution in [3.63, 3.8) is 0 Å². The fraction of sp³-hybridized carbons (Fsp3) is 0.500. The number of rotatable bonds is 1. The molecule has 1 aromatic rings. The second kappa shape index (κ2) is 4.72. The van der Waals surface area contributed by atoms with Crippen LogP contribution >= 0.6 is 0 Å². The highest BCUT2D eigenvalue weighted by molar-refractivity contribution is 6.00. The van der Waals surface area contributed by atoms with E-state index >= 15 is 0 Å². The third kappa shape index (κ3) is 2.80. The minimum atomic E-state index is -0.674. The molecule has 1 unspecified atom stereocenters. The van der Waals surface area contributed by atoms with Gasteiger partial charge in [0.25, 0.3) is 0 Å². The van der Waals surface area contributed by atoms with Crippen LogP contribution in [-0.4, -0.2) is 16.8 Å². The van der Waals surface area contributed by atoms with Gasteiger partial charge in [0.1, 0.15) is 5.82 Å². The largest absolute Gasteiger partial charge is 0.296 e. The van der Waals surface area contributed by atoms with E-state index in [4.69, 9.17) is 0 Å². The van der Waals surface area contributed by atoms with Crippen molar-refractivity contribution in [2.75, 3.05) is 0 Å². The lowest BCUT2D eigenvalue weighted by Gasteiger charge is -2.23. The van der Waals surface area contributed by atoms with Crippen LogP contribution in [0.4, 0.5) is 4.39 Å². The maximum Gasteiger partial charge on any atom is 0.235 e. The van der Waals surface area contributed by atoms with Gasteiger partial charge in [-0.1, -0.05) is 20.8 Å². The summed E-state index contributed by atoms with van der Waals surface area (Å²) < 4.78 is 14.1. The molecule has 0 aromatic carbocycles. The van der Waals surface area contributed by atoms with Crippen LogP contribution in [0.15, 0.2) is 12.3 Å². The summed E-state index contributed by atoms with van der Waals surface area (Å²) in [6, 6.07) is 1.42. The van der Waals surface area contributed by atoms with Gasteiger partial charge in [-0.05, 0) is 23.5 Å². The highest BCUT2D eigenvalue weighted by atomic mass is 19.1. The van der Waals surface area contributed by atoms with E-state index in [1.54, 1.807) is 6.20 Å². The van der Waals surface area contributed by atoms with Crippen LogP contribution in [0.2, 0.25) is 0 Å². The topological polar surface area (TPSA) is 59.1 Å². The predicted molar refractivity (Wildman–Crippen MR) is 68.0 cm³/mol. The first-order valence-electron chi connectivity index (χ1n) is 6.28. The number of aromatic nitrogens is 1. The Morgan fingerprint density at radius 3 is 2.58 bits per heavy atom. The van der Waals surface area contributed by atoms with E-state index < -0.39 is 17.6 Å². The lowest BCUT2D eigenvalue weighted by molar-refractivity contribution is -0.134. The van der Waals surface area contributed by atoms with E-state index in [1.807, 2.05) is 20.8 Å². The first-order chi connectivity index (χ1) is 8.79. The number of pyridine rings is 1. The number of hydrogen-bond acceptors (Lipinski definition) is 3. The van der Waals surface area contributed by atoms with Crippen molar-refractivity contribution in [1.29, 1.82) is 0 Å². The molecule has 1 N–H and O–H groups in total. The van der Waals surface area contributed by atoms with Gasteiger partial charge < -0.3 is 0 Å². The molecule has 1 saturated heterocycles. The van der Waals surface area contributed by atoms with Crippen molar-refractivity contribution in [3.05, 3.63) is 29.3 Å². The van der Waals surface area contributed by atoms with Crippen LogP contribution < -0.4 is 5.32 Å². The monoisotopic (exact) mass is 264 g/mol. The average molecular weight is 264 g/mol. The Kier molecular flexibility index (Phi) is 3.39. The molecule has 1 aliphatic heterocycles. The van der Waals surface area contributed by atoms with Gasteiger partial charge in [0.2, 0.25) is 11.8 Å². The maximum absolute atomic E-state index is 14.1. The third-order valence-electron chi connectivity index (χ3n) is 3.30. The van der Waals surface area contributed by atoms with Gasteiger partial charge in [-0.2, -0.15) is 0 Å². The first kappa shape index (κ1) is 13.6. The van der Waals surface area contributed by atoms with Crippen molar-refractivity contribution in [2.24, 2.45) is 0 Å². The fourth-order valence-electron chi connectivity index (χ4n) is 2.07. The first-order valence-corrected chi connectivity index (χ1v) is 6.28. The Hall–Kier alpha value is -1.78. The zero-order valence-corrected chi connectivity index (χ0v) is 11.3. The molecule has 1 aliphatic rings. The Bertz CT molecular complexity index is 535. The average Bonchev–Trinajstić information content (AvgIpc) is 2.28. The minimum absolute atomic E-state index is 0.123. The van der Waals surface area contributed by atoms with E-state index in [-0.39, 0.29) is 23.4 Å². The Balaban J connectivity index is 2.31. The molecular weight excluding hydrogens is 247 g/mol. The number of carbonyl (C=O) groups excluding carboxylic acids is 2. The van der Waals surface area contributed by atoms with Gasteiger partial charge in [0, 0.05) is 12.6 Å². The van der Waals surface area contributed by atoms with Crippen molar-refractivity contribution >= 4 is 11.8 Å². The second-order valence-corrected chi connectivity index (χ2v) is 5.84. The van der Waals surface area contributed by atoms with Gasteiger partial charge in [0.15, 0.2) is 0 Å². The molecule has 0 spiro atoms. The molecule has 5 heteroatoms. The van der Waals surface area contributed by atoms with Crippen molar-refractivity contribution in [3.8, 4) is 0 Å². The number of imide groups is 1. The SMILES string of the molecule is CC(C)(C)c1cnc(C2CCC(=O)NC2=O)c(F)c1. The molecule has 102 valence electrons. The Morgan fingerprint density at radius 1 is 1.37 bits per heavy atom. The Morgan fingerprint density at radius 2 is 2.05 bits per heavy atom. The molecule has 19 heavy (non-hydrogen) atoms. The molecule has 0 aliphatic carbocycles. The lowest BCUT2D eigenvalue weighted by Crippen LogP contribution is -2.40. The highest BCUT2D eigenvalue weighted by Crippen LogP contribution is 2.28. The van der Waals surface area contributed by atoms with Crippen LogP contribution in [0.3, 0.4) is 0 Å². The second-order valence-electron chi connectivity index (χ2n) is 5.84. The van der Waals surface area contributed by atoms with E-state index in [9.17, 15) is 14.0 Å². The fourth-order valence-corrected chi connectivity index (χ4v) is 2.07. The third-order valence-corrected chi connectivity index (χ3v) is 3.30. The maximum atomic E-state index is 14.1. The molecule has 0 saturated carbocycles. The number of amides is 2. The molecule has 2 heterocycles. The van der Waals surface area contributed by atoms with E-state index in [1.165, 1.54) is 6.07 Å². The minimum Gasteiger partial charge on any atom is -0.296 e. The molecule has 4 nitrogen and oxygen atoms in total. The molecule has 2 amide bonds. The zero-order chi connectivity index (χ0) is 14.2. The summed E-state index contributed by atoms with van der Waals surface area (Å²) in [5.74, 6) is -1.94. The smallest absolute Gasteiger partial charge is 0.235 e. The molecular formula is C14H17FN2O2. The Labute approximate surface area is 111 Å². The summed E-state index contributed by atoms with van der Waals surface area (Å²) in [6.45, 7) is 5.90. The van der Waals surface area contributed by atoms with E-state index in [0.29, 0.717) is 6.42 Å². The predicted octanol–water partition coefficient (Wildman–Crippen LogP) is 2.04. The zero-order valence-electron chi connectivity index (χ0n) is 11.3. The van der Waals surface area contributed by atoms with Crippen molar-refractivity contribution in [2.45, 2.75) is 44.9 Å². The quantitative estimate of drug-likeness (QED) is 0.790. The summed E-state index contributed by atoms with van der Waals surface area (Å²) in [5, 5.41) is 2.22. The summed E-state index contributed by atoms with van der Waals surface area (Å²) in [6.07, 6.45) is 2.13. The number of carbonyl (C=O) groups is 2. The number of nitrogens with one attached hydrogen (secondary N) is 1. The van der Waals surface area contributed by atoms with Gasteiger partial charge in [-0.25, -0.2) is 4.39 Å². The summed E-state index contributed by atoms with van der Waals surface area (Å²) in [7, 11) is 0. The van der Waals surface area contributed by atoms with Crippen LogP contribution in [0.5, 0.6) is 0 Å². The van der Waals surface area contributed by atoms with Crippen LogP contribution in [-0.2, 0) is 15.0 Å². The van der Waals surface area contributed by atoms with Crippen LogP contribution in [0.25, 0.3) is 0 Å². The number of piperidine rings is 1. The molecule has 1 fully saturated rings. The van der Waals surface area contributed by atoms with Gasteiger partial charge >= 0.3 is 0 Å². The molecule has 1 atom stereocenters. The van der Waals surface area contributed by atoms with Gasteiger partial charge in [-0.3, -0.25) is 19.9 Å². The molecule has 2 rings (SSSR count). The van der Waals surface area contributed by atoms with Crippen LogP contribution in [0.1, 0.15) is 50.8 Å². The normalized spacial score (nSPS) is 20.3. The summed E-state index contributed by atoms with van der Waals surface area (Å²) >= 11 is 0. The molecule has 0 bridgehead atoms.